The third-order valence-corrected chi connectivity index (χ3v) is 6.25. The van der Waals surface area contributed by atoms with Crippen molar-refractivity contribution >= 4 is 21.5 Å². The van der Waals surface area contributed by atoms with Gasteiger partial charge in [0.25, 0.3) is 0 Å². The highest BCUT2D eigenvalue weighted by Crippen LogP contribution is 2.49. The van der Waals surface area contributed by atoms with Crippen molar-refractivity contribution in [3.05, 3.63) is 100 Å². The monoisotopic (exact) mass is 576 g/mol. The van der Waals surface area contributed by atoms with Crippen LogP contribution >= 0.6 is 0 Å². The molecule has 0 N–H and O–H groups in total. The number of benzene rings is 5. The van der Waals surface area contributed by atoms with E-state index in [4.69, 9.17) is 0 Å². The fourth-order valence-electron chi connectivity index (χ4n) is 4.61. The second-order valence-corrected chi connectivity index (χ2v) is 8.34. The Hall–Kier alpha value is -4.42. The molecule has 0 bridgehead atoms. The van der Waals surface area contributed by atoms with E-state index in [0.29, 0.717) is 13.2 Å². The minimum atomic E-state index is -2.56. The van der Waals surface area contributed by atoms with Crippen molar-refractivity contribution in [2.75, 3.05) is 7.11 Å². The molecule has 0 aliphatic rings. The van der Waals surface area contributed by atoms with Crippen LogP contribution in [0.25, 0.3) is 43.8 Å². The summed E-state index contributed by atoms with van der Waals surface area (Å²) in [7, 11) is 0.642. The molecule has 5 rings (SSSR count). The van der Waals surface area contributed by atoms with Crippen LogP contribution in [0.1, 0.15) is 0 Å². The van der Waals surface area contributed by atoms with E-state index in [1.165, 1.54) is 0 Å². The minimum absolute atomic E-state index is 0.186. The summed E-state index contributed by atoms with van der Waals surface area (Å²) in [6.45, 7) is 0. The summed E-state index contributed by atoms with van der Waals surface area (Å²) in [5.74, 6) is -27.6. The number of methoxy groups -OCH3 is 1. The molecule has 0 saturated carbocycles. The largest absolute Gasteiger partial charge is 0.491 e. The van der Waals surface area contributed by atoms with E-state index >= 15 is 22.0 Å². The predicted molar refractivity (Wildman–Crippen MR) is 118 cm³/mol. The van der Waals surface area contributed by atoms with Crippen LogP contribution in [0.15, 0.2) is 30.3 Å². The highest BCUT2D eigenvalue weighted by molar-refractivity contribution is 6.22. The molecule has 0 fully saturated rings. The van der Waals surface area contributed by atoms with Gasteiger partial charge in [-0.1, -0.05) is 12.1 Å². The summed E-state index contributed by atoms with van der Waals surface area (Å²) in [6, 6.07) is 2.61. The third kappa shape index (κ3) is 3.59. The van der Waals surface area contributed by atoms with Gasteiger partial charge in [-0.2, -0.15) is 8.78 Å². The summed E-state index contributed by atoms with van der Waals surface area (Å²) >= 11 is 0. The van der Waals surface area contributed by atoms with Crippen LogP contribution in [0.5, 0.6) is 5.75 Å². The highest BCUT2D eigenvalue weighted by Gasteiger charge is 2.34. The maximum atomic E-state index is 15.4. The molecule has 0 saturated heterocycles. The van der Waals surface area contributed by atoms with Gasteiger partial charge in [0.1, 0.15) is 5.82 Å². The van der Waals surface area contributed by atoms with Gasteiger partial charge in [-0.05, 0) is 29.1 Å². The summed E-state index contributed by atoms with van der Waals surface area (Å²) in [6.07, 6.45) is 0. The van der Waals surface area contributed by atoms with Crippen LogP contribution in [0.2, 0.25) is 0 Å². The molecule has 0 radical (unpaired) electrons. The van der Waals surface area contributed by atoms with Crippen LogP contribution in [0.3, 0.4) is 0 Å². The average Bonchev–Trinajstić information content (AvgIpc) is 2.92. The zero-order valence-corrected chi connectivity index (χ0v) is 19.3. The first kappa shape index (κ1) is 27.2. The number of hydrogen-bond acceptors (Lipinski definition) is 1. The Morgan fingerprint density at radius 3 is 1.45 bits per heavy atom. The number of rotatable bonds is 3. The summed E-state index contributed by atoms with van der Waals surface area (Å²) in [5, 5.41) is -5.05. The standard InChI is InChI=1S/C27H8F12O/c1-40-27-25(38)21(34)17(22(35)26(27)39)14-8-3-2-4-9(28)13(8)12(7-5-10(29)18(31)11(30)6-7)15-16(14)20(33)24(37)23(36)19(15)32/h2-6H,1H3. The molecule has 0 atom stereocenters. The molecule has 206 valence electrons. The number of hydrogen-bond donors (Lipinski definition) is 0. The molecule has 0 spiro atoms. The molecule has 0 aliphatic heterocycles. The van der Waals surface area contributed by atoms with Crippen molar-refractivity contribution in [1.29, 1.82) is 0 Å². The van der Waals surface area contributed by atoms with E-state index in [1.54, 1.807) is 0 Å². The molecule has 0 aliphatic carbocycles. The Morgan fingerprint density at radius 2 is 0.950 bits per heavy atom. The van der Waals surface area contributed by atoms with Gasteiger partial charge >= 0.3 is 0 Å². The molecule has 1 nitrogen and oxygen atoms in total. The Morgan fingerprint density at radius 1 is 0.450 bits per heavy atom. The molecule has 5 aromatic rings. The van der Waals surface area contributed by atoms with E-state index < -0.39 is 119 Å². The molecular formula is C27H8F12O. The molecule has 0 aromatic heterocycles. The van der Waals surface area contributed by atoms with Crippen molar-refractivity contribution in [3.63, 3.8) is 0 Å². The molecule has 40 heavy (non-hydrogen) atoms. The topological polar surface area (TPSA) is 9.23 Å². The van der Waals surface area contributed by atoms with E-state index in [1.807, 2.05) is 0 Å². The van der Waals surface area contributed by atoms with Gasteiger partial charge in [0.2, 0.25) is 11.6 Å². The van der Waals surface area contributed by atoms with Gasteiger partial charge < -0.3 is 4.74 Å². The van der Waals surface area contributed by atoms with E-state index in [0.717, 1.165) is 12.1 Å². The lowest BCUT2D eigenvalue weighted by Gasteiger charge is -2.21. The van der Waals surface area contributed by atoms with Crippen LogP contribution < -0.4 is 4.74 Å². The lowest BCUT2D eigenvalue weighted by molar-refractivity contribution is 0.334. The van der Waals surface area contributed by atoms with Gasteiger partial charge in [-0.25, -0.2) is 43.9 Å². The van der Waals surface area contributed by atoms with Crippen molar-refractivity contribution in [2.24, 2.45) is 0 Å². The lowest BCUT2D eigenvalue weighted by atomic mass is 9.84. The minimum Gasteiger partial charge on any atom is -0.491 e. The second-order valence-electron chi connectivity index (χ2n) is 8.34. The normalized spacial score (nSPS) is 11.6. The van der Waals surface area contributed by atoms with Crippen molar-refractivity contribution in [1.82, 2.24) is 0 Å². The maximum absolute atomic E-state index is 15.4. The number of fused-ring (bicyclic) bond motifs is 2. The maximum Gasteiger partial charge on any atom is 0.204 e. The van der Waals surface area contributed by atoms with E-state index in [9.17, 15) is 30.7 Å². The zero-order valence-electron chi connectivity index (χ0n) is 19.3. The van der Waals surface area contributed by atoms with Gasteiger partial charge in [0.05, 0.1) is 12.7 Å². The molecule has 0 unspecified atom stereocenters. The highest BCUT2D eigenvalue weighted by atomic mass is 19.2. The Bertz CT molecular complexity index is 1860. The SMILES string of the molecule is COc1c(F)c(F)c(-c2c3cccc(F)c3c(-c3cc(F)c(F)c(F)c3)c3c(F)c(F)c(F)c(F)c23)c(F)c1F. The molecule has 13 heteroatoms. The molecule has 5 aromatic carbocycles. The summed E-state index contributed by atoms with van der Waals surface area (Å²) in [5.41, 5.74) is -5.23. The summed E-state index contributed by atoms with van der Waals surface area (Å²) < 4.78 is 181. The van der Waals surface area contributed by atoms with E-state index in [-0.39, 0.29) is 12.1 Å². The Balaban J connectivity index is 2.19. The molecular weight excluding hydrogens is 568 g/mol. The smallest absolute Gasteiger partial charge is 0.204 e. The predicted octanol–water partition coefficient (Wildman–Crippen LogP) is 9.00. The Kier molecular flexibility index (Phi) is 6.35. The number of halogens is 12. The van der Waals surface area contributed by atoms with Gasteiger partial charge in [-0.15, -0.1) is 0 Å². The van der Waals surface area contributed by atoms with Crippen molar-refractivity contribution < 1.29 is 57.4 Å². The average molecular weight is 576 g/mol. The fraction of sp³-hybridized carbons (Fsp3) is 0.0370. The van der Waals surface area contributed by atoms with Gasteiger partial charge in [0, 0.05) is 27.3 Å². The molecule has 0 amide bonds. The first-order valence-corrected chi connectivity index (χ1v) is 10.8. The Labute approximate surface area is 214 Å². The fourth-order valence-corrected chi connectivity index (χ4v) is 4.61. The molecule has 0 heterocycles. The zero-order chi connectivity index (χ0) is 29.4. The van der Waals surface area contributed by atoms with Gasteiger partial charge in [0.15, 0.2) is 58.1 Å². The first-order valence-electron chi connectivity index (χ1n) is 10.8. The van der Waals surface area contributed by atoms with Crippen LogP contribution in [0, 0.1) is 69.8 Å². The van der Waals surface area contributed by atoms with Crippen LogP contribution in [0.4, 0.5) is 52.7 Å². The first-order chi connectivity index (χ1) is 18.8. The third-order valence-electron chi connectivity index (χ3n) is 6.25. The lowest BCUT2D eigenvalue weighted by Crippen LogP contribution is -2.07. The van der Waals surface area contributed by atoms with Crippen LogP contribution in [-0.2, 0) is 0 Å². The van der Waals surface area contributed by atoms with E-state index in [2.05, 4.69) is 4.74 Å². The van der Waals surface area contributed by atoms with Crippen molar-refractivity contribution in [2.45, 2.75) is 0 Å². The van der Waals surface area contributed by atoms with Crippen LogP contribution in [-0.4, -0.2) is 7.11 Å². The van der Waals surface area contributed by atoms with Gasteiger partial charge in [-0.3, -0.25) is 0 Å². The number of ether oxygens (including phenoxy) is 1. The second kappa shape index (κ2) is 9.35. The quantitative estimate of drug-likeness (QED) is 0.0902. The summed E-state index contributed by atoms with van der Waals surface area (Å²) in [4.78, 5) is 0. The van der Waals surface area contributed by atoms with Crippen molar-refractivity contribution in [3.8, 4) is 28.0 Å².